The van der Waals surface area contributed by atoms with Crippen molar-refractivity contribution in [2.75, 3.05) is 11.9 Å². The average Bonchev–Trinajstić information content (AvgIpc) is 3.05. The fourth-order valence-electron chi connectivity index (χ4n) is 2.48. The normalized spacial score (nSPS) is 10.9. The van der Waals surface area contributed by atoms with Gasteiger partial charge in [0.25, 0.3) is 0 Å². The van der Waals surface area contributed by atoms with Crippen LogP contribution < -0.4 is 9.64 Å². The van der Waals surface area contributed by atoms with Gasteiger partial charge in [-0.3, -0.25) is 4.98 Å². The minimum absolute atomic E-state index is 0.0940. The van der Waals surface area contributed by atoms with E-state index in [0.717, 1.165) is 16.9 Å². The van der Waals surface area contributed by atoms with Crippen molar-refractivity contribution in [3.05, 3.63) is 52.8 Å². The summed E-state index contributed by atoms with van der Waals surface area (Å²) in [6.07, 6.45) is 3.11. The molecule has 0 aliphatic rings. The number of aromatic nitrogens is 3. The van der Waals surface area contributed by atoms with Gasteiger partial charge in [0.05, 0.1) is 18.1 Å². The minimum Gasteiger partial charge on any atom is -0.477 e. The summed E-state index contributed by atoms with van der Waals surface area (Å²) < 4.78 is 28.8. The van der Waals surface area contributed by atoms with Crippen molar-refractivity contribution < 1.29 is 23.4 Å². The van der Waals surface area contributed by atoms with Gasteiger partial charge in [0.15, 0.2) is 0 Å². The van der Waals surface area contributed by atoms with Crippen molar-refractivity contribution in [2.24, 2.45) is 0 Å². The average molecular weight is 406 g/mol. The van der Waals surface area contributed by atoms with Crippen LogP contribution in [-0.4, -0.2) is 39.7 Å². The zero-order valence-electron chi connectivity index (χ0n) is 15.0. The molecule has 0 radical (unpaired) electrons. The zero-order valence-corrected chi connectivity index (χ0v) is 15.8. The first-order valence-electron chi connectivity index (χ1n) is 8.11. The molecule has 0 unspecified atom stereocenters. The lowest BCUT2D eigenvalue weighted by molar-refractivity contribution is -0.0498. The highest BCUT2D eigenvalue weighted by Crippen LogP contribution is 2.27. The molecule has 2 heterocycles. The van der Waals surface area contributed by atoms with Crippen LogP contribution in [0.1, 0.15) is 20.9 Å². The molecule has 7 nitrogen and oxygen atoms in total. The first-order valence-corrected chi connectivity index (χ1v) is 8.93. The number of carboxylic acid groups (broad SMARTS) is 1. The third-order valence-electron chi connectivity index (χ3n) is 3.79. The number of rotatable bonds is 7. The number of nitrogens with zero attached hydrogens (tertiary/aromatic N) is 4. The van der Waals surface area contributed by atoms with Crippen molar-refractivity contribution >= 4 is 23.1 Å². The molecule has 10 heteroatoms. The summed E-state index contributed by atoms with van der Waals surface area (Å²) in [6, 6.07) is 6.33. The number of hydrogen-bond donors (Lipinski definition) is 1. The maximum atomic E-state index is 12.2. The van der Waals surface area contributed by atoms with Crippen LogP contribution in [0, 0.1) is 6.92 Å². The van der Waals surface area contributed by atoms with E-state index in [1.165, 1.54) is 18.3 Å². The smallest absolute Gasteiger partial charge is 0.387 e. The maximum absolute atomic E-state index is 12.2. The van der Waals surface area contributed by atoms with Crippen molar-refractivity contribution in [2.45, 2.75) is 20.1 Å². The molecule has 2 aromatic heterocycles. The Hall–Kier alpha value is -3.14. The van der Waals surface area contributed by atoms with Crippen LogP contribution in [0.5, 0.6) is 5.75 Å². The topological polar surface area (TPSA) is 88.4 Å². The Bertz CT molecular complexity index is 979. The van der Waals surface area contributed by atoms with Crippen LogP contribution in [0.15, 0.2) is 36.7 Å². The lowest BCUT2D eigenvalue weighted by atomic mass is 10.2. The Balaban J connectivity index is 1.76. The Morgan fingerprint density at radius 3 is 2.57 bits per heavy atom. The molecule has 0 saturated heterocycles. The van der Waals surface area contributed by atoms with E-state index >= 15 is 0 Å². The van der Waals surface area contributed by atoms with Crippen LogP contribution in [0.2, 0.25) is 0 Å². The second kappa shape index (κ2) is 8.26. The number of ether oxygens (including phenoxy) is 1. The predicted octanol–water partition coefficient (Wildman–Crippen LogP) is 3.84. The van der Waals surface area contributed by atoms with E-state index in [2.05, 4.69) is 19.7 Å². The predicted molar refractivity (Wildman–Crippen MR) is 100 cm³/mol. The van der Waals surface area contributed by atoms with E-state index < -0.39 is 12.6 Å². The number of aryl methyl sites for hydroxylation is 1. The van der Waals surface area contributed by atoms with E-state index in [1.54, 1.807) is 25.3 Å². The summed E-state index contributed by atoms with van der Waals surface area (Å²) in [5, 5.41) is 9.65. The summed E-state index contributed by atoms with van der Waals surface area (Å²) in [6.45, 7) is -0.763. The third kappa shape index (κ3) is 4.58. The number of carboxylic acids is 1. The molecule has 0 aliphatic carbocycles. The highest BCUT2D eigenvalue weighted by molar-refractivity contribution is 7.17. The molecule has 0 fully saturated rings. The van der Waals surface area contributed by atoms with Gasteiger partial charge < -0.3 is 14.7 Å². The molecule has 0 aliphatic heterocycles. The SMILES string of the molecule is Cc1nc(-c2cncc(N(C)Cc3ccc(OC(F)F)cc3)n2)sc1C(=O)O. The fourth-order valence-corrected chi connectivity index (χ4v) is 3.34. The standard InChI is InChI=1S/C18H16F2N4O3S/c1-10-15(17(25)26)28-16(22-10)13-7-21-8-14(23-13)24(2)9-11-3-5-12(6-4-11)27-18(19)20/h3-8,18H,9H2,1-2H3,(H,25,26). The number of carbonyl (C=O) groups is 1. The van der Waals surface area contributed by atoms with E-state index in [0.29, 0.717) is 28.8 Å². The number of halogens is 2. The minimum atomic E-state index is -2.86. The second-order valence-electron chi connectivity index (χ2n) is 5.88. The maximum Gasteiger partial charge on any atom is 0.387 e. The van der Waals surface area contributed by atoms with E-state index in [1.807, 2.05) is 11.9 Å². The van der Waals surface area contributed by atoms with Crippen molar-refractivity contribution in [1.82, 2.24) is 15.0 Å². The summed E-state index contributed by atoms with van der Waals surface area (Å²) in [7, 11) is 1.81. The highest BCUT2D eigenvalue weighted by atomic mass is 32.1. The Labute approximate surface area is 163 Å². The number of anilines is 1. The number of aromatic carboxylic acids is 1. The quantitative estimate of drug-likeness (QED) is 0.638. The molecule has 1 aromatic carbocycles. The van der Waals surface area contributed by atoms with Crippen LogP contribution in [0.3, 0.4) is 0 Å². The van der Waals surface area contributed by atoms with Crippen LogP contribution in [-0.2, 0) is 6.54 Å². The molecule has 0 bridgehead atoms. The van der Waals surface area contributed by atoms with Crippen molar-refractivity contribution in [1.29, 1.82) is 0 Å². The first kappa shape index (κ1) is 19.6. The van der Waals surface area contributed by atoms with Gasteiger partial charge >= 0.3 is 12.6 Å². The number of hydrogen-bond acceptors (Lipinski definition) is 7. The van der Waals surface area contributed by atoms with Gasteiger partial charge in [0, 0.05) is 13.6 Å². The molecule has 146 valence electrons. The van der Waals surface area contributed by atoms with E-state index in [-0.39, 0.29) is 10.6 Å². The summed E-state index contributed by atoms with van der Waals surface area (Å²) in [5.74, 6) is -0.367. The van der Waals surface area contributed by atoms with Gasteiger partial charge in [-0.1, -0.05) is 12.1 Å². The molecule has 3 rings (SSSR count). The highest BCUT2D eigenvalue weighted by Gasteiger charge is 2.17. The summed E-state index contributed by atoms with van der Waals surface area (Å²) >= 11 is 1.04. The largest absolute Gasteiger partial charge is 0.477 e. The molecular weight excluding hydrogens is 390 g/mol. The Morgan fingerprint density at radius 1 is 1.25 bits per heavy atom. The number of alkyl halides is 2. The molecule has 0 spiro atoms. The van der Waals surface area contributed by atoms with Crippen molar-refractivity contribution in [3.63, 3.8) is 0 Å². The van der Waals surface area contributed by atoms with Crippen molar-refractivity contribution in [3.8, 4) is 16.5 Å². The van der Waals surface area contributed by atoms with E-state index in [4.69, 9.17) is 0 Å². The van der Waals surface area contributed by atoms with Gasteiger partial charge in [-0.25, -0.2) is 14.8 Å². The van der Waals surface area contributed by atoms with Gasteiger partial charge in [-0.2, -0.15) is 8.78 Å². The molecule has 0 amide bonds. The van der Waals surface area contributed by atoms with Gasteiger partial charge in [-0.15, -0.1) is 11.3 Å². The van der Waals surface area contributed by atoms with Gasteiger partial charge in [0.1, 0.15) is 27.1 Å². The molecule has 1 N–H and O–H groups in total. The molecular formula is C18H16F2N4O3S. The summed E-state index contributed by atoms with van der Waals surface area (Å²) in [4.78, 5) is 26.1. The number of benzene rings is 1. The number of thiazole rings is 1. The zero-order chi connectivity index (χ0) is 20.3. The first-order chi connectivity index (χ1) is 13.3. The lowest BCUT2D eigenvalue weighted by Gasteiger charge is -2.18. The van der Waals surface area contributed by atoms with Crippen LogP contribution in [0.25, 0.3) is 10.7 Å². The fraction of sp³-hybridized carbons (Fsp3) is 0.222. The van der Waals surface area contributed by atoms with Gasteiger partial charge in [-0.05, 0) is 24.6 Å². The van der Waals surface area contributed by atoms with E-state index in [9.17, 15) is 18.7 Å². The Morgan fingerprint density at radius 2 is 1.96 bits per heavy atom. The molecule has 3 aromatic rings. The molecule has 0 saturated carbocycles. The van der Waals surface area contributed by atoms with Gasteiger partial charge in [0.2, 0.25) is 0 Å². The molecule has 0 atom stereocenters. The third-order valence-corrected chi connectivity index (χ3v) is 4.96. The second-order valence-corrected chi connectivity index (χ2v) is 6.88. The monoisotopic (exact) mass is 406 g/mol. The van der Waals surface area contributed by atoms with Crippen LogP contribution >= 0.6 is 11.3 Å². The van der Waals surface area contributed by atoms with Crippen LogP contribution in [0.4, 0.5) is 14.6 Å². The molecule has 28 heavy (non-hydrogen) atoms. The Kier molecular flexibility index (Phi) is 5.78. The summed E-state index contributed by atoms with van der Waals surface area (Å²) in [5.41, 5.74) is 1.78. The lowest BCUT2D eigenvalue weighted by Crippen LogP contribution is -2.18.